The first kappa shape index (κ1) is 21.5. The van der Waals surface area contributed by atoms with Gasteiger partial charge in [-0.2, -0.15) is 0 Å². The van der Waals surface area contributed by atoms with Gasteiger partial charge in [0.25, 0.3) is 0 Å². The Labute approximate surface area is 197 Å². The number of carboxylic acid groups (broad SMARTS) is 1. The van der Waals surface area contributed by atoms with E-state index < -0.39 is 5.97 Å². The lowest BCUT2D eigenvalue weighted by Crippen LogP contribution is -2.08. The molecule has 2 heterocycles. The molecule has 0 atom stereocenters. The smallest absolute Gasteiger partial charge is 0.335 e. The van der Waals surface area contributed by atoms with Crippen LogP contribution in [0.2, 0.25) is 0 Å². The maximum atomic E-state index is 11.1. The lowest BCUT2D eigenvalue weighted by molar-refractivity contribution is 0.0697. The second kappa shape index (κ2) is 8.88. The summed E-state index contributed by atoms with van der Waals surface area (Å²) in [4.78, 5) is 25.6. The minimum atomic E-state index is -0.966. The van der Waals surface area contributed by atoms with Crippen molar-refractivity contribution in [1.82, 2.24) is 9.97 Å². The molecule has 7 heteroatoms. The Hall–Kier alpha value is -4.36. The number of nitrogens with two attached hydrogens (primary N) is 1. The first-order chi connectivity index (χ1) is 16.5. The number of fused-ring (bicyclic) bond motifs is 3. The maximum Gasteiger partial charge on any atom is 0.335 e. The molecule has 34 heavy (non-hydrogen) atoms. The zero-order chi connectivity index (χ0) is 23.7. The molecule has 0 amide bonds. The van der Waals surface area contributed by atoms with Gasteiger partial charge in [-0.3, -0.25) is 4.99 Å². The van der Waals surface area contributed by atoms with Gasteiger partial charge in [0, 0.05) is 40.2 Å². The Kier molecular flexibility index (Phi) is 5.61. The molecule has 168 valence electrons. The number of aryl methyl sites for hydroxylation is 1. The van der Waals surface area contributed by atoms with Crippen molar-refractivity contribution >= 4 is 23.3 Å². The van der Waals surface area contributed by atoms with Crippen LogP contribution >= 0.6 is 0 Å². The van der Waals surface area contributed by atoms with E-state index in [1.807, 2.05) is 31.2 Å². The molecule has 0 saturated carbocycles. The van der Waals surface area contributed by atoms with Crippen LogP contribution in [0.4, 0.5) is 11.6 Å². The summed E-state index contributed by atoms with van der Waals surface area (Å²) in [6, 6.07) is 22.8. The standard InChI is InChI=1S/C27H23N5O2/c1-16-23-15-29-24(18-5-3-2-4-6-18)22-13-17(14-28)7-12-21(22)25(23)32-27(30-16)31-20-10-8-19(9-11-20)26(33)34/h2-13H,14-15,28H2,1H3,(H,33,34)(H,30,31,32). The van der Waals surface area contributed by atoms with Crippen molar-refractivity contribution in [2.45, 2.75) is 20.0 Å². The Morgan fingerprint density at radius 3 is 2.47 bits per heavy atom. The van der Waals surface area contributed by atoms with Crippen LogP contribution in [0.1, 0.15) is 38.3 Å². The molecule has 0 radical (unpaired) electrons. The van der Waals surface area contributed by atoms with Crippen molar-refractivity contribution < 1.29 is 9.90 Å². The Bertz CT molecular complexity index is 1410. The largest absolute Gasteiger partial charge is 0.478 e. The number of carbonyl (C=O) groups is 1. The zero-order valence-electron chi connectivity index (χ0n) is 18.6. The van der Waals surface area contributed by atoms with E-state index in [0.29, 0.717) is 24.7 Å². The third-order valence-electron chi connectivity index (χ3n) is 5.87. The van der Waals surface area contributed by atoms with E-state index in [4.69, 9.17) is 20.8 Å². The molecule has 5 rings (SSSR count). The fraction of sp³-hybridized carbons (Fsp3) is 0.111. The van der Waals surface area contributed by atoms with Gasteiger partial charge in [-0.15, -0.1) is 0 Å². The fourth-order valence-electron chi connectivity index (χ4n) is 4.10. The average molecular weight is 450 g/mol. The number of rotatable bonds is 5. The third kappa shape index (κ3) is 4.04. The van der Waals surface area contributed by atoms with E-state index in [2.05, 4.69) is 34.6 Å². The predicted octanol–water partition coefficient (Wildman–Crippen LogP) is 4.70. The Balaban J connectivity index is 1.61. The van der Waals surface area contributed by atoms with Crippen molar-refractivity contribution in [3.05, 3.63) is 106 Å². The first-order valence-electron chi connectivity index (χ1n) is 10.9. The molecular formula is C27H23N5O2. The Morgan fingerprint density at radius 2 is 1.76 bits per heavy atom. The van der Waals surface area contributed by atoms with Gasteiger partial charge in [0.1, 0.15) is 0 Å². The van der Waals surface area contributed by atoms with Crippen LogP contribution in [0.15, 0.2) is 77.8 Å². The topological polar surface area (TPSA) is 113 Å². The lowest BCUT2D eigenvalue weighted by Gasteiger charge is -2.15. The summed E-state index contributed by atoms with van der Waals surface area (Å²) in [7, 11) is 0. The van der Waals surface area contributed by atoms with Gasteiger partial charge in [-0.05, 0) is 42.8 Å². The molecule has 0 bridgehead atoms. The van der Waals surface area contributed by atoms with Gasteiger partial charge >= 0.3 is 5.97 Å². The van der Waals surface area contributed by atoms with Gasteiger partial charge in [0.05, 0.1) is 23.5 Å². The van der Waals surface area contributed by atoms with Crippen LogP contribution < -0.4 is 11.1 Å². The van der Waals surface area contributed by atoms with Gasteiger partial charge in [0.2, 0.25) is 5.95 Å². The number of anilines is 2. The summed E-state index contributed by atoms with van der Waals surface area (Å²) in [5, 5.41) is 12.3. The van der Waals surface area contributed by atoms with Gasteiger partial charge in [-0.1, -0.05) is 42.5 Å². The minimum Gasteiger partial charge on any atom is -0.478 e. The van der Waals surface area contributed by atoms with Crippen LogP contribution in [-0.2, 0) is 13.1 Å². The first-order valence-corrected chi connectivity index (χ1v) is 10.9. The molecule has 4 N–H and O–H groups in total. The number of hydrogen-bond donors (Lipinski definition) is 3. The van der Waals surface area contributed by atoms with E-state index in [9.17, 15) is 4.79 Å². The highest BCUT2D eigenvalue weighted by atomic mass is 16.4. The number of aromatic nitrogens is 2. The second-order valence-corrected chi connectivity index (χ2v) is 8.08. The number of carboxylic acids is 1. The van der Waals surface area contributed by atoms with E-state index in [1.54, 1.807) is 24.3 Å². The van der Waals surface area contributed by atoms with E-state index in [0.717, 1.165) is 44.9 Å². The molecule has 0 aliphatic carbocycles. The summed E-state index contributed by atoms with van der Waals surface area (Å²) < 4.78 is 0. The summed E-state index contributed by atoms with van der Waals surface area (Å²) >= 11 is 0. The van der Waals surface area contributed by atoms with Gasteiger partial charge in [0.15, 0.2) is 0 Å². The number of nitrogens with zero attached hydrogens (tertiary/aromatic N) is 3. The van der Waals surface area contributed by atoms with E-state index in [1.165, 1.54) is 0 Å². The van der Waals surface area contributed by atoms with Crippen LogP contribution in [0.3, 0.4) is 0 Å². The summed E-state index contributed by atoms with van der Waals surface area (Å²) in [5.41, 5.74) is 14.4. The van der Waals surface area contributed by atoms with Crippen molar-refractivity contribution in [2.75, 3.05) is 5.32 Å². The second-order valence-electron chi connectivity index (χ2n) is 8.08. The summed E-state index contributed by atoms with van der Waals surface area (Å²) in [6.07, 6.45) is 0. The van der Waals surface area contributed by atoms with Crippen molar-refractivity contribution in [1.29, 1.82) is 0 Å². The quantitative estimate of drug-likeness (QED) is 0.407. The molecule has 4 aromatic rings. The molecule has 1 aromatic heterocycles. The van der Waals surface area contributed by atoms with Crippen molar-refractivity contribution in [3.63, 3.8) is 0 Å². The number of hydrogen-bond acceptors (Lipinski definition) is 6. The lowest BCUT2D eigenvalue weighted by atomic mass is 9.93. The molecule has 1 aliphatic rings. The fourth-order valence-corrected chi connectivity index (χ4v) is 4.10. The number of aliphatic imine (C=N–C) groups is 1. The monoisotopic (exact) mass is 449 g/mol. The predicted molar refractivity (Wildman–Crippen MR) is 133 cm³/mol. The number of nitrogens with one attached hydrogen (secondary N) is 1. The highest BCUT2D eigenvalue weighted by Gasteiger charge is 2.23. The molecule has 7 nitrogen and oxygen atoms in total. The molecule has 0 saturated heterocycles. The molecule has 0 spiro atoms. The van der Waals surface area contributed by atoms with Crippen LogP contribution in [0.5, 0.6) is 0 Å². The number of aromatic carboxylic acids is 1. The van der Waals surface area contributed by atoms with Crippen LogP contribution in [0.25, 0.3) is 11.3 Å². The van der Waals surface area contributed by atoms with E-state index in [-0.39, 0.29) is 5.56 Å². The van der Waals surface area contributed by atoms with E-state index >= 15 is 0 Å². The molecule has 0 fully saturated rings. The minimum absolute atomic E-state index is 0.222. The highest BCUT2D eigenvalue weighted by Crippen LogP contribution is 2.34. The third-order valence-corrected chi connectivity index (χ3v) is 5.87. The normalized spacial score (nSPS) is 12.2. The molecule has 3 aromatic carbocycles. The van der Waals surface area contributed by atoms with Crippen molar-refractivity contribution in [3.8, 4) is 11.3 Å². The van der Waals surface area contributed by atoms with Gasteiger partial charge < -0.3 is 16.2 Å². The number of benzene rings is 3. The van der Waals surface area contributed by atoms with Gasteiger partial charge in [-0.25, -0.2) is 14.8 Å². The average Bonchev–Trinajstić information content (AvgIpc) is 3.02. The Morgan fingerprint density at radius 1 is 1.00 bits per heavy atom. The van der Waals surface area contributed by atoms with Crippen LogP contribution in [0, 0.1) is 6.92 Å². The maximum absolute atomic E-state index is 11.1. The molecule has 0 unspecified atom stereocenters. The highest BCUT2D eigenvalue weighted by molar-refractivity contribution is 6.17. The summed E-state index contributed by atoms with van der Waals surface area (Å²) in [5.74, 6) is -0.525. The molecule has 1 aliphatic heterocycles. The zero-order valence-corrected chi connectivity index (χ0v) is 18.6. The van der Waals surface area contributed by atoms with Crippen molar-refractivity contribution in [2.24, 2.45) is 10.7 Å². The van der Waals surface area contributed by atoms with Crippen LogP contribution in [-0.4, -0.2) is 26.8 Å². The summed E-state index contributed by atoms with van der Waals surface area (Å²) in [6.45, 7) is 2.85. The molecular weight excluding hydrogens is 426 g/mol. The SMILES string of the molecule is Cc1nc(Nc2ccc(C(=O)O)cc2)nc2c1CN=C(c1ccccc1)c1cc(CN)ccc1-2.